The van der Waals surface area contributed by atoms with Gasteiger partial charge in [-0.15, -0.1) is 0 Å². The summed E-state index contributed by atoms with van der Waals surface area (Å²) in [5, 5.41) is 3.97. The molecule has 0 saturated carbocycles. The number of rotatable bonds is 3. The van der Waals surface area contributed by atoms with Crippen LogP contribution >= 0.6 is 0 Å². The average molecular weight is 265 g/mol. The summed E-state index contributed by atoms with van der Waals surface area (Å²) in [5.74, 6) is 6.88. The Morgan fingerprint density at radius 2 is 1.65 bits per heavy atom. The van der Waals surface area contributed by atoms with Crippen LogP contribution in [0.15, 0.2) is 59.8 Å². The molecule has 0 unspecified atom stereocenters. The van der Waals surface area contributed by atoms with Crippen LogP contribution in [0.5, 0.6) is 5.75 Å². The largest absolute Gasteiger partial charge is 0.497 e. The van der Waals surface area contributed by atoms with E-state index in [1.807, 2.05) is 54.6 Å². The summed E-state index contributed by atoms with van der Waals surface area (Å²) in [6, 6.07) is 17.3. The van der Waals surface area contributed by atoms with Crippen molar-refractivity contribution in [3.63, 3.8) is 0 Å². The van der Waals surface area contributed by atoms with E-state index in [2.05, 4.69) is 17.0 Å². The van der Waals surface area contributed by atoms with Gasteiger partial charge in [-0.05, 0) is 42.3 Å². The quantitative estimate of drug-likeness (QED) is 0.485. The van der Waals surface area contributed by atoms with E-state index < -0.39 is 0 Å². The van der Waals surface area contributed by atoms with E-state index in [4.69, 9.17) is 9.57 Å². The van der Waals surface area contributed by atoms with Crippen LogP contribution < -0.4 is 4.74 Å². The number of hydrogen-bond acceptors (Lipinski definition) is 3. The van der Waals surface area contributed by atoms with Crippen molar-refractivity contribution in [3.05, 3.63) is 65.7 Å². The molecule has 2 aromatic carbocycles. The average Bonchev–Trinajstić information content (AvgIpc) is 2.52. The molecule has 0 aromatic heterocycles. The lowest BCUT2D eigenvalue weighted by atomic mass is 10.1. The van der Waals surface area contributed by atoms with Crippen LogP contribution in [0.25, 0.3) is 0 Å². The Labute approximate surface area is 118 Å². The van der Waals surface area contributed by atoms with Gasteiger partial charge in [-0.1, -0.05) is 29.3 Å². The van der Waals surface area contributed by atoms with E-state index >= 15 is 0 Å². The van der Waals surface area contributed by atoms with Crippen molar-refractivity contribution in [1.82, 2.24) is 0 Å². The van der Waals surface area contributed by atoms with Crippen LogP contribution in [0.2, 0.25) is 0 Å². The van der Waals surface area contributed by atoms with Crippen molar-refractivity contribution in [3.8, 4) is 17.6 Å². The first kappa shape index (κ1) is 13.7. The number of oxime groups is 1. The highest BCUT2D eigenvalue weighted by Gasteiger charge is 2.01. The third kappa shape index (κ3) is 3.63. The van der Waals surface area contributed by atoms with Gasteiger partial charge in [-0.2, -0.15) is 0 Å². The molecule has 0 aliphatic rings. The van der Waals surface area contributed by atoms with E-state index in [0.717, 1.165) is 16.9 Å². The molecule has 3 nitrogen and oxygen atoms in total. The molecule has 0 aliphatic heterocycles. The highest BCUT2D eigenvalue weighted by molar-refractivity contribution is 6.13. The van der Waals surface area contributed by atoms with Crippen molar-refractivity contribution in [2.24, 2.45) is 5.16 Å². The van der Waals surface area contributed by atoms with Gasteiger partial charge in [-0.25, -0.2) is 0 Å². The SMILES string of the molecule is CO/N=C(/C#Cc1ccccc1)c1ccc(OC)cc1. The minimum atomic E-state index is 0.582. The summed E-state index contributed by atoms with van der Waals surface area (Å²) in [7, 11) is 3.14. The monoisotopic (exact) mass is 265 g/mol. The molecule has 0 spiro atoms. The van der Waals surface area contributed by atoms with Crippen LogP contribution in [0.1, 0.15) is 11.1 Å². The van der Waals surface area contributed by atoms with E-state index in [9.17, 15) is 0 Å². The van der Waals surface area contributed by atoms with Crippen molar-refractivity contribution >= 4 is 5.71 Å². The Bertz CT molecular complexity index is 634. The van der Waals surface area contributed by atoms with E-state index in [-0.39, 0.29) is 0 Å². The maximum Gasteiger partial charge on any atom is 0.160 e. The minimum absolute atomic E-state index is 0.582. The van der Waals surface area contributed by atoms with Gasteiger partial charge in [0, 0.05) is 11.1 Å². The van der Waals surface area contributed by atoms with E-state index in [0.29, 0.717) is 5.71 Å². The second-order valence-electron chi connectivity index (χ2n) is 3.97. The number of ether oxygens (including phenoxy) is 1. The molecular formula is C17H15NO2. The molecule has 2 rings (SSSR count). The molecule has 3 heteroatoms. The summed E-state index contributed by atoms with van der Waals surface area (Å²) < 4.78 is 5.13. The topological polar surface area (TPSA) is 30.8 Å². The third-order valence-corrected chi connectivity index (χ3v) is 2.65. The maximum absolute atomic E-state index is 5.13. The molecule has 0 N–H and O–H groups in total. The summed E-state index contributed by atoms with van der Waals surface area (Å²) in [5.41, 5.74) is 2.40. The normalized spacial score (nSPS) is 10.4. The molecule has 0 aliphatic carbocycles. The van der Waals surface area contributed by atoms with Crippen LogP contribution in [0.3, 0.4) is 0 Å². The Morgan fingerprint density at radius 1 is 0.950 bits per heavy atom. The van der Waals surface area contributed by atoms with Crippen molar-refractivity contribution in [2.45, 2.75) is 0 Å². The zero-order valence-corrected chi connectivity index (χ0v) is 11.5. The van der Waals surface area contributed by atoms with Crippen LogP contribution in [0, 0.1) is 11.8 Å². The second kappa shape index (κ2) is 7.01. The maximum atomic E-state index is 5.13. The van der Waals surface area contributed by atoms with Crippen LogP contribution in [0.4, 0.5) is 0 Å². The molecule has 0 amide bonds. The summed E-state index contributed by atoms with van der Waals surface area (Å²) in [4.78, 5) is 4.86. The number of nitrogens with zero attached hydrogens (tertiary/aromatic N) is 1. The lowest BCUT2D eigenvalue weighted by molar-refractivity contribution is 0.214. The van der Waals surface area contributed by atoms with Gasteiger partial charge in [0.15, 0.2) is 5.71 Å². The van der Waals surface area contributed by atoms with Gasteiger partial charge >= 0.3 is 0 Å². The number of hydrogen-bond donors (Lipinski definition) is 0. The highest BCUT2D eigenvalue weighted by Crippen LogP contribution is 2.12. The molecule has 100 valence electrons. The minimum Gasteiger partial charge on any atom is -0.497 e. The fourth-order valence-electron chi connectivity index (χ4n) is 1.64. The second-order valence-corrected chi connectivity index (χ2v) is 3.97. The van der Waals surface area contributed by atoms with Gasteiger partial charge in [0.25, 0.3) is 0 Å². The Kier molecular flexibility index (Phi) is 4.80. The molecule has 0 radical (unpaired) electrons. The first-order valence-electron chi connectivity index (χ1n) is 6.16. The fourth-order valence-corrected chi connectivity index (χ4v) is 1.64. The van der Waals surface area contributed by atoms with Gasteiger partial charge in [0.2, 0.25) is 0 Å². The fraction of sp³-hybridized carbons (Fsp3) is 0.118. The van der Waals surface area contributed by atoms with Gasteiger partial charge in [0.1, 0.15) is 12.9 Å². The first-order valence-corrected chi connectivity index (χ1v) is 6.16. The predicted molar refractivity (Wildman–Crippen MR) is 79.9 cm³/mol. The zero-order chi connectivity index (χ0) is 14.2. The van der Waals surface area contributed by atoms with E-state index in [1.54, 1.807) is 7.11 Å². The molecule has 2 aromatic rings. The van der Waals surface area contributed by atoms with Crippen molar-refractivity contribution < 1.29 is 9.57 Å². The molecule has 0 saturated heterocycles. The summed E-state index contributed by atoms with van der Waals surface area (Å²) in [6.07, 6.45) is 0. The molecule has 0 heterocycles. The molecular weight excluding hydrogens is 250 g/mol. The number of methoxy groups -OCH3 is 1. The molecule has 0 bridgehead atoms. The smallest absolute Gasteiger partial charge is 0.160 e. The number of benzene rings is 2. The Hall–Kier alpha value is -2.73. The third-order valence-electron chi connectivity index (χ3n) is 2.65. The van der Waals surface area contributed by atoms with Crippen molar-refractivity contribution in [2.75, 3.05) is 14.2 Å². The van der Waals surface area contributed by atoms with E-state index in [1.165, 1.54) is 7.11 Å². The Morgan fingerprint density at radius 3 is 2.25 bits per heavy atom. The molecule has 0 atom stereocenters. The Balaban J connectivity index is 2.28. The predicted octanol–water partition coefficient (Wildman–Crippen LogP) is 3.10. The molecule has 0 fully saturated rings. The first-order chi connectivity index (χ1) is 9.83. The standard InChI is InChI=1S/C17H15NO2/c1-19-16-11-9-15(10-12-16)17(18-20-2)13-8-14-6-4-3-5-7-14/h3-7,9-12H,1-2H3/b18-17-. The van der Waals surface area contributed by atoms with Crippen LogP contribution in [-0.4, -0.2) is 19.9 Å². The van der Waals surface area contributed by atoms with Crippen LogP contribution in [-0.2, 0) is 4.84 Å². The summed E-state index contributed by atoms with van der Waals surface area (Å²) >= 11 is 0. The lowest BCUT2D eigenvalue weighted by Gasteiger charge is -2.01. The van der Waals surface area contributed by atoms with Gasteiger partial charge in [-0.3, -0.25) is 0 Å². The molecule has 20 heavy (non-hydrogen) atoms. The highest BCUT2D eigenvalue weighted by atomic mass is 16.6. The summed E-state index contributed by atoms with van der Waals surface area (Å²) in [6.45, 7) is 0. The van der Waals surface area contributed by atoms with Crippen molar-refractivity contribution in [1.29, 1.82) is 0 Å². The zero-order valence-electron chi connectivity index (χ0n) is 11.5. The van der Waals surface area contributed by atoms with Gasteiger partial charge < -0.3 is 9.57 Å². The lowest BCUT2D eigenvalue weighted by Crippen LogP contribution is -1.98. The van der Waals surface area contributed by atoms with Gasteiger partial charge in [0.05, 0.1) is 7.11 Å².